The van der Waals surface area contributed by atoms with Gasteiger partial charge in [-0.05, 0) is 12.1 Å². The lowest BCUT2D eigenvalue weighted by Crippen LogP contribution is -1.91. The van der Waals surface area contributed by atoms with Crippen molar-refractivity contribution in [1.82, 2.24) is 29.7 Å². The Balaban J connectivity index is 0.000000948. The number of nitrogens with one attached hydrogen (secondary N) is 1. The molecular formula is C18H16FN7. The maximum atomic E-state index is 13.9. The van der Waals surface area contributed by atoms with Crippen LogP contribution in [-0.2, 0) is 7.05 Å². The van der Waals surface area contributed by atoms with E-state index in [0.717, 1.165) is 5.56 Å². The Kier molecular flexibility index (Phi) is 4.71. The number of rotatable bonds is 2. The van der Waals surface area contributed by atoms with Gasteiger partial charge in [0.25, 0.3) is 0 Å². The second-order valence-electron chi connectivity index (χ2n) is 5.21. The van der Waals surface area contributed by atoms with E-state index in [2.05, 4.69) is 25.0 Å². The van der Waals surface area contributed by atoms with E-state index in [1.807, 2.05) is 27.1 Å². The van der Waals surface area contributed by atoms with Gasteiger partial charge < -0.3 is 4.98 Å². The van der Waals surface area contributed by atoms with Crippen molar-refractivity contribution in [3.05, 3.63) is 48.4 Å². The fourth-order valence-corrected chi connectivity index (χ4v) is 2.50. The van der Waals surface area contributed by atoms with Gasteiger partial charge in [0.1, 0.15) is 11.9 Å². The number of hydrogen-bond donors (Lipinski definition) is 1. The largest absolute Gasteiger partial charge is 0.336 e. The Bertz CT molecular complexity index is 1100. The van der Waals surface area contributed by atoms with E-state index in [0.29, 0.717) is 28.1 Å². The summed E-state index contributed by atoms with van der Waals surface area (Å²) in [6, 6.07) is 4.74. The van der Waals surface area contributed by atoms with Crippen LogP contribution in [0.2, 0.25) is 0 Å². The summed E-state index contributed by atoms with van der Waals surface area (Å²) in [5, 5.41) is 12.9. The van der Waals surface area contributed by atoms with Crippen LogP contribution in [-0.4, -0.2) is 29.7 Å². The van der Waals surface area contributed by atoms with Crippen LogP contribution in [0.5, 0.6) is 0 Å². The van der Waals surface area contributed by atoms with Gasteiger partial charge in [0.2, 0.25) is 0 Å². The van der Waals surface area contributed by atoms with E-state index in [9.17, 15) is 4.39 Å². The highest BCUT2D eigenvalue weighted by Crippen LogP contribution is 2.28. The van der Waals surface area contributed by atoms with Gasteiger partial charge in [-0.1, -0.05) is 13.8 Å². The van der Waals surface area contributed by atoms with Crippen molar-refractivity contribution in [2.75, 3.05) is 0 Å². The lowest BCUT2D eigenvalue weighted by atomic mass is 10.1. The third-order valence-electron chi connectivity index (χ3n) is 3.63. The number of hydrogen-bond acceptors (Lipinski definition) is 5. The molecule has 0 saturated heterocycles. The molecule has 0 radical (unpaired) electrons. The van der Waals surface area contributed by atoms with E-state index in [1.54, 1.807) is 29.2 Å². The number of fused-ring (bicyclic) bond motifs is 1. The quantitative estimate of drug-likeness (QED) is 0.598. The van der Waals surface area contributed by atoms with Crippen molar-refractivity contribution in [3.8, 4) is 28.6 Å². The molecule has 0 unspecified atom stereocenters. The van der Waals surface area contributed by atoms with Crippen molar-refractivity contribution in [1.29, 1.82) is 5.26 Å². The molecule has 130 valence electrons. The number of imidazole rings is 1. The van der Waals surface area contributed by atoms with E-state index >= 15 is 0 Å². The maximum absolute atomic E-state index is 13.9. The van der Waals surface area contributed by atoms with Crippen LogP contribution in [0, 0.1) is 17.1 Å². The first-order valence-corrected chi connectivity index (χ1v) is 8.05. The van der Waals surface area contributed by atoms with Crippen molar-refractivity contribution >= 4 is 11.2 Å². The molecule has 0 aliphatic rings. The summed E-state index contributed by atoms with van der Waals surface area (Å²) in [5.41, 5.74) is 3.02. The molecule has 0 fully saturated rings. The van der Waals surface area contributed by atoms with Crippen molar-refractivity contribution < 1.29 is 4.39 Å². The minimum absolute atomic E-state index is 0.232. The van der Waals surface area contributed by atoms with Gasteiger partial charge in [0.05, 0.1) is 17.3 Å². The summed E-state index contributed by atoms with van der Waals surface area (Å²) >= 11 is 0. The van der Waals surface area contributed by atoms with E-state index in [1.165, 1.54) is 12.3 Å². The van der Waals surface area contributed by atoms with Crippen molar-refractivity contribution in [3.63, 3.8) is 0 Å². The summed E-state index contributed by atoms with van der Waals surface area (Å²) < 4.78 is 15.5. The topological polar surface area (TPSA) is 96.1 Å². The van der Waals surface area contributed by atoms with Gasteiger partial charge in [-0.15, -0.1) is 0 Å². The number of aromatic nitrogens is 6. The molecule has 26 heavy (non-hydrogen) atoms. The fourth-order valence-electron chi connectivity index (χ4n) is 2.50. The highest BCUT2D eigenvalue weighted by molar-refractivity contribution is 5.91. The van der Waals surface area contributed by atoms with Gasteiger partial charge in [0.15, 0.2) is 17.2 Å². The Morgan fingerprint density at radius 2 is 2.00 bits per heavy atom. The van der Waals surface area contributed by atoms with Crippen LogP contribution >= 0.6 is 0 Å². The van der Waals surface area contributed by atoms with Crippen LogP contribution in [0.15, 0.2) is 36.9 Å². The number of aromatic amines is 1. The average Bonchev–Trinajstić information content (AvgIpc) is 3.29. The van der Waals surface area contributed by atoms with E-state index in [4.69, 9.17) is 5.26 Å². The van der Waals surface area contributed by atoms with E-state index in [-0.39, 0.29) is 5.69 Å². The molecule has 7 nitrogen and oxygen atoms in total. The SMILES string of the molecule is CC.Cn1cc(-c2nc3nccc(-c4cnc(C#N)c(F)c4)c3[nH]2)cn1. The third-order valence-corrected chi connectivity index (χ3v) is 3.63. The molecule has 8 heteroatoms. The zero-order valence-electron chi connectivity index (χ0n) is 14.5. The minimum atomic E-state index is -0.660. The van der Waals surface area contributed by atoms with Gasteiger partial charge in [0, 0.05) is 36.8 Å². The highest BCUT2D eigenvalue weighted by Gasteiger charge is 2.14. The first kappa shape index (κ1) is 17.2. The molecule has 0 aromatic carbocycles. The lowest BCUT2D eigenvalue weighted by Gasteiger charge is -2.03. The van der Waals surface area contributed by atoms with Crippen LogP contribution in [0.25, 0.3) is 33.7 Å². The highest BCUT2D eigenvalue weighted by atomic mass is 19.1. The average molecular weight is 349 g/mol. The molecular weight excluding hydrogens is 333 g/mol. The van der Waals surface area contributed by atoms with Crippen molar-refractivity contribution in [2.24, 2.45) is 7.05 Å². The molecule has 0 aliphatic carbocycles. The molecule has 0 amide bonds. The third kappa shape index (κ3) is 3.02. The number of halogens is 1. The molecule has 4 aromatic rings. The molecule has 0 aliphatic heterocycles. The van der Waals surface area contributed by atoms with Gasteiger partial charge in [-0.2, -0.15) is 10.4 Å². The Labute approximate surface area is 149 Å². The summed E-state index contributed by atoms with van der Waals surface area (Å²) in [6.45, 7) is 4.00. The van der Waals surface area contributed by atoms with Crippen molar-refractivity contribution in [2.45, 2.75) is 13.8 Å². The van der Waals surface area contributed by atoms with Gasteiger partial charge in [-0.25, -0.2) is 19.3 Å². The summed E-state index contributed by atoms with van der Waals surface area (Å²) in [6.07, 6.45) is 6.59. The Morgan fingerprint density at radius 3 is 2.65 bits per heavy atom. The number of pyridine rings is 2. The zero-order chi connectivity index (χ0) is 18.7. The van der Waals surface area contributed by atoms with Crippen LogP contribution in [0.3, 0.4) is 0 Å². The first-order chi connectivity index (χ1) is 12.7. The second kappa shape index (κ2) is 7.11. The number of nitriles is 1. The zero-order valence-corrected chi connectivity index (χ0v) is 14.5. The number of H-pyrrole nitrogens is 1. The molecule has 4 heterocycles. The predicted octanol–water partition coefficient (Wildman–Crippen LogP) is 3.46. The number of aryl methyl sites for hydroxylation is 1. The molecule has 0 bridgehead atoms. The predicted molar refractivity (Wildman–Crippen MR) is 95.3 cm³/mol. The van der Waals surface area contributed by atoms with Gasteiger partial charge >= 0.3 is 0 Å². The molecule has 0 atom stereocenters. The smallest absolute Gasteiger partial charge is 0.178 e. The summed E-state index contributed by atoms with van der Waals surface area (Å²) in [4.78, 5) is 15.7. The Hall–Kier alpha value is -3.60. The monoisotopic (exact) mass is 349 g/mol. The van der Waals surface area contributed by atoms with E-state index < -0.39 is 5.82 Å². The first-order valence-electron chi connectivity index (χ1n) is 8.05. The molecule has 1 N–H and O–H groups in total. The number of nitrogens with zero attached hydrogens (tertiary/aromatic N) is 6. The maximum Gasteiger partial charge on any atom is 0.178 e. The Morgan fingerprint density at radius 1 is 1.19 bits per heavy atom. The molecule has 0 saturated carbocycles. The van der Waals surface area contributed by atoms with Gasteiger partial charge in [-0.3, -0.25) is 4.68 Å². The van der Waals surface area contributed by atoms with Crippen LogP contribution in [0.1, 0.15) is 19.5 Å². The van der Waals surface area contributed by atoms with Crippen LogP contribution in [0.4, 0.5) is 4.39 Å². The van der Waals surface area contributed by atoms with Crippen LogP contribution < -0.4 is 0 Å². The summed E-state index contributed by atoms with van der Waals surface area (Å²) in [7, 11) is 1.82. The second-order valence-corrected chi connectivity index (χ2v) is 5.21. The standard InChI is InChI=1S/C16H10FN7.C2H6/c1-24-8-10(7-21-24)15-22-14-11(2-3-19-16(14)23-15)9-4-12(17)13(5-18)20-6-9;1-2/h2-4,6-8H,1H3,(H,19,22,23);1-2H3. The lowest BCUT2D eigenvalue weighted by molar-refractivity contribution is 0.617. The summed E-state index contributed by atoms with van der Waals surface area (Å²) in [5.74, 6) is -0.0351. The normalized spacial score (nSPS) is 10.3. The minimum Gasteiger partial charge on any atom is -0.336 e. The molecule has 4 rings (SSSR count). The molecule has 0 spiro atoms. The molecule has 4 aromatic heterocycles. The fraction of sp³-hybridized carbons (Fsp3) is 0.167.